The molecule has 0 fully saturated rings. The van der Waals surface area contributed by atoms with E-state index in [4.69, 9.17) is 23.2 Å². The summed E-state index contributed by atoms with van der Waals surface area (Å²) in [6.45, 7) is 7.32. The highest BCUT2D eigenvalue weighted by Gasteiger charge is 2.32. The monoisotopic (exact) mass is 371 g/mol. The lowest BCUT2D eigenvalue weighted by atomic mass is 9.89. The highest BCUT2D eigenvalue weighted by molar-refractivity contribution is 6.76. The van der Waals surface area contributed by atoms with Crippen LogP contribution in [0.4, 0.5) is 0 Å². The topological polar surface area (TPSA) is 50.9 Å². The van der Waals surface area contributed by atoms with Crippen LogP contribution in [0.15, 0.2) is 30.9 Å². The van der Waals surface area contributed by atoms with Crippen molar-refractivity contribution in [3.05, 3.63) is 46.5 Å². The van der Waals surface area contributed by atoms with Crippen LogP contribution in [-0.2, 0) is 12.1 Å². The van der Waals surface area contributed by atoms with Crippen molar-refractivity contribution < 1.29 is 5.11 Å². The number of aliphatic hydroxyl groups is 1. The first-order valence-corrected chi connectivity index (χ1v) is 12.2. The summed E-state index contributed by atoms with van der Waals surface area (Å²) in [5.41, 5.74) is -0.399. The molecule has 0 amide bonds. The van der Waals surface area contributed by atoms with Crippen LogP contribution in [0.5, 0.6) is 0 Å². The first kappa shape index (κ1) is 18.5. The van der Waals surface area contributed by atoms with Gasteiger partial charge in [0.05, 0.1) is 6.54 Å². The quantitative estimate of drug-likeness (QED) is 0.723. The molecule has 2 rings (SSSR count). The molecular weight excluding hydrogens is 349 g/mol. The predicted octanol–water partition coefficient (Wildman–Crippen LogP) is 4.59. The average molecular weight is 372 g/mol. The summed E-state index contributed by atoms with van der Waals surface area (Å²) in [4.78, 5) is 3.95. The van der Waals surface area contributed by atoms with Gasteiger partial charge in [-0.15, -0.1) is 0 Å². The summed E-state index contributed by atoms with van der Waals surface area (Å²) in [5.74, 6) is 0. The van der Waals surface area contributed by atoms with E-state index >= 15 is 0 Å². The van der Waals surface area contributed by atoms with Crippen molar-refractivity contribution in [2.75, 3.05) is 0 Å². The minimum atomic E-state index is -1.16. The second kappa shape index (κ2) is 7.34. The molecule has 0 saturated heterocycles. The molecule has 1 N–H and O–H groups in total. The SMILES string of the molecule is C[Si](C)(C)CCCC(O)(Cn1cncn1)c1ccc(Cl)cc1Cl. The Kier molecular flexibility index (Phi) is 5.89. The average Bonchev–Trinajstić information content (AvgIpc) is 2.89. The smallest absolute Gasteiger partial charge is 0.137 e. The first-order valence-electron chi connectivity index (χ1n) is 7.70. The molecule has 1 aromatic carbocycles. The van der Waals surface area contributed by atoms with Crippen molar-refractivity contribution in [2.24, 2.45) is 0 Å². The molecule has 0 aliphatic carbocycles. The summed E-state index contributed by atoms with van der Waals surface area (Å²) in [6.07, 6.45) is 4.64. The number of hydrogen-bond donors (Lipinski definition) is 1. The fourth-order valence-electron chi connectivity index (χ4n) is 2.66. The minimum absolute atomic E-state index is 0.319. The number of aromatic nitrogens is 3. The second-order valence-electron chi connectivity index (χ2n) is 7.16. The number of nitrogens with zero attached hydrogens (tertiary/aromatic N) is 3. The highest BCUT2D eigenvalue weighted by atomic mass is 35.5. The molecule has 0 bridgehead atoms. The van der Waals surface area contributed by atoms with Crippen molar-refractivity contribution in [1.82, 2.24) is 14.8 Å². The standard InChI is InChI=1S/C16H23Cl2N3OSi/c1-23(2,3)8-4-7-16(22,10-21-12-19-11-20-21)14-6-5-13(17)9-15(14)18/h5-6,9,11-12,22H,4,7-8,10H2,1-3H3. The molecule has 126 valence electrons. The van der Waals surface area contributed by atoms with E-state index < -0.39 is 13.7 Å². The Hall–Kier alpha value is -0.883. The molecule has 0 radical (unpaired) electrons. The number of benzene rings is 1. The second-order valence-corrected chi connectivity index (χ2v) is 13.6. The summed E-state index contributed by atoms with van der Waals surface area (Å²) >= 11 is 12.3. The molecule has 0 aliphatic heterocycles. The molecule has 1 aromatic heterocycles. The third-order valence-electron chi connectivity index (χ3n) is 3.84. The van der Waals surface area contributed by atoms with Crippen LogP contribution < -0.4 is 0 Å². The van der Waals surface area contributed by atoms with Crippen molar-refractivity contribution in [2.45, 2.75) is 50.7 Å². The molecule has 2 aromatic rings. The van der Waals surface area contributed by atoms with E-state index in [9.17, 15) is 5.11 Å². The van der Waals surface area contributed by atoms with Gasteiger partial charge in [0.15, 0.2) is 0 Å². The van der Waals surface area contributed by atoms with Crippen LogP contribution in [0, 0.1) is 0 Å². The zero-order valence-corrected chi connectivity index (χ0v) is 16.3. The van der Waals surface area contributed by atoms with Gasteiger partial charge in [-0.2, -0.15) is 5.10 Å². The van der Waals surface area contributed by atoms with Crippen molar-refractivity contribution in [3.63, 3.8) is 0 Å². The molecular formula is C16H23Cl2N3OSi. The summed E-state index contributed by atoms with van der Waals surface area (Å²) < 4.78 is 1.64. The van der Waals surface area contributed by atoms with E-state index in [-0.39, 0.29) is 0 Å². The Labute approximate surface area is 148 Å². The zero-order valence-electron chi connectivity index (χ0n) is 13.8. The molecule has 0 saturated carbocycles. The van der Waals surface area contributed by atoms with Gasteiger partial charge in [0.2, 0.25) is 0 Å². The van der Waals surface area contributed by atoms with Crippen molar-refractivity contribution in [1.29, 1.82) is 0 Å². The van der Waals surface area contributed by atoms with Crippen LogP contribution in [0.25, 0.3) is 0 Å². The molecule has 1 atom stereocenters. The van der Waals surface area contributed by atoms with Gasteiger partial charge < -0.3 is 5.11 Å². The van der Waals surface area contributed by atoms with E-state index in [1.807, 2.05) is 0 Å². The van der Waals surface area contributed by atoms with E-state index in [0.29, 0.717) is 28.6 Å². The number of rotatable bonds is 7. The summed E-state index contributed by atoms with van der Waals surface area (Å²) in [6, 6.07) is 6.38. The normalized spacial score (nSPS) is 14.7. The lowest BCUT2D eigenvalue weighted by Crippen LogP contribution is -2.33. The van der Waals surface area contributed by atoms with Crippen LogP contribution in [0.1, 0.15) is 18.4 Å². The fraction of sp³-hybridized carbons (Fsp3) is 0.500. The van der Waals surface area contributed by atoms with E-state index in [1.165, 1.54) is 6.33 Å². The molecule has 23 heavy (non-hydrogen) atoms. The Balaban J connectivity index is 2.26. The maximum absolute atomic E-state index is 11.3. The Morgan fingerprint density at radius 3 is 2.57 bits per heavy atom. The number of hydrogen-bond acceptors (Lipinski definition) is 3. The van der Waals surface area contributed by atoms with Gasteiger partial charge in [-0.3, -0.25) is 0 Å². The largest absolute Gasteiger partial charge is 0.383 e. The lowest BCUT2D eigenvalue weighted by Gasteiger charge is -2.30. The molecule has 1 heterocycles. The first-order chi connectivity index (χ1) is 10.7. The summed E-state index contributed by atoms with van der Waals surface area (Å²) in [7, 11) is -1.16. The molecule has 7 heteroatoms. The molecule has 1 unspecified atom stereocenters. The Bertz CT molecular complexity index is 643. The van der Waals surface area contributed by atoms with Crippen LogP contribution >= 0.6 is 23.2 Å². The van der Waals surface area contributed by atoms with Crippen LogP contribution in [0.2, 0.25) is 35.7 Å². The van der Waals surface area contributed by atoms with E-state index in [0.717, 1.165) is 12.5 Å². The minimum Gasteiger partial charge on any atom is -0.383 e. The van der Waals surface area contributed by atoms with Crippen molar-refractivity contribution >= 4 is 31.3 Å². The van der Waals surface area contributed by atoms with Gasteiger partial charge in [0.1, 0.15) is 18.3 Å². The molecule has 0 aliphatic rings. The third-order valence-corrected chi connectivity index (χ3v) is 6.24. The van der Waals surface area contributed by atoms with Gasteiger partial charge in [0, 0.05) is 23.7 Å². The van der Waals surface area contributed by atoms with Crippen molar-refractivity contribution in [3.8, 4) is 0 Å². The van der Waals surface area contributed by atoms with Gasteiger partial charge in [-0.25, -0.2) is 9.67 Å². The van der Waals surface area contributed by atoms with Gasteiger partial charge in [0.25, 0.3) is 0 Å². The maximum Gasteiger partial charge on any atom is 0.137 e. The highest BCUT2D eigenvalue weighted by Crippen LogP contribution is 2.36. The summed E-state index contributed by atoms with van der Waals surface area (Å²) in [5, 5.41) is 16.5. The zero-order chi connectivity index (χ0) is 17.1. The third kappa shape index (κ3) is 5.31. The van der Waals surface area contributed by atoms with Crippen LogP contribution in [-0.4, -0.2) is 27.9 Å². The van der Waals surface area contributed by atoms with Gasteiger partial charge in [-0.05, 0) is 18.6 Å². The fourth-order valence-corrected chi connectivity index (χ4v) is 4.48. The predicted molar refractivity (Wildman–Crippen MR) is 97.8 cm³/mol. The Morgan fingerprint density at radius 2 is 2.00 bits per heavy atom. The Morgan fingerprint density at radius 1 is 1.26 bits per heavy atom. The number of halogens is 2. The van der Waals surface area contributed by atoms with E-state index in [2.05, 4.69) is 29.7 Å². The maximum atomic E-state index is 11.3. The van der Waals surface area contributed by atoms with Gasteiger partial charge in [-0.1, -0.05) is 61.4 Å². The van der Waals surface area contributed by atoms with E-state index in [1.54, 1.807) is 29.2 Å². The van der Waals surface area contributed by atoms with Gasteiger partial charge >= 0.3 is 0 Å². The lowest BCUT2D eigenvalue weighted by molar-refractivity contribution is 0.00557. The molecule has 4 nitrogen and oxygen atoms in total. The van der Waals surface area contributed by atoms with Crippen LogP contribution in [0.3, 0.4) is 0 Å². The molecule has 0 spiro atoms.